The van der Waals surface area contributed by atoms with Gasteiger partial charge in [0.2, 0.25) is 5.91 Å². The standard InChI is InChI=1S/C18H14FN3O2/c19-11-2-5-17(22-7-1-6-20-22)15(8-11)14-10-18(24)21-16-9-12(23)3-4-13(14)16/h1-9,14,23H,10H2,(H,21,24). The molecule has 1 aliphatic rings. The highest BCUT2D eigenvalue weighted by Gasteiger charge is 2.29. The lowest BCUT2D eigenvalue weighted by molar-refractivity contribution is -0.116. The molecular weight excluding hydrogens is 309 g/mol. The molecule has 120 valence electrons. The monoisotopic (exact) mass is 323 g/mol. The van der Waals surface area contributed by atoms with Crippen molar-refractivity contribution in [3.05, 3.63) is 71.8 Å². The average Bonchev–Trinajstić information content (AvgIpc) is 3.07. The molecule has 3 aromatic rings. The molecule has 6 heteroatoms. The first kappa shape index (κ1) is 14.4. The number of benzene rings is 2. The number of nitrogens with zero attached hydrogens (tertiary/aromatic N) is 2. The van der Waals surface area contributed by atoms with Crippen molar-refractivity contribution < 1.29 is 14.3 Å². The lowest BCUT2D eigenvalue weighted by Gasteiger charge is -2.27. The Balaban J connectivity index is 1.91. The number of halogens is 1. The maximum atomic E-state index is 13.9. The third kappa shape index (κ3) is 2.42. The van der Waals surface area contributed by atoms with Gasteiger partial charge in [-0.2, -0.15) is 5.10 Å². The van der Waals surface area contributed by atoms with Gasteiger partial charge in [0.05, 0.1) is 5.69 Å². The van der Waals surface area contributed by atoms with Crippen molar-refractivity contribution in [1.82, 2.24) is 9.78 Å². The van der Waals surface area contributed by atoms with Gasteiger partial charge in [0.15, 0.2) is 0 Å². The number of rotatable bonds is 2. The van der Waals surface area contributed by atoms with Crippen LogP contribution in [0.2, 0.25) is 0 Å². The Morgan fingerprint density at radius 3 is 2.88 bits per heavy atom. The van der Waals surface area contributed by atoms with Crippen LogP contribution >= 0.6 is 0 Å². The van der Waals surface area contributed by atoms with Gasteiger partial charge in [-0.3, -0.25) is 4.79 Å². The van der Waals surface area contributed by atoms with E-state index in [2.05, 4.69) is 10.4 Å². The minimum Gasteiger partial charge on any atom is -0.508 e. The van der Waals surface area contributed by atoms with Crippen LogP contribution in [0.1, 0.15) is 23.5 Å². The lowest BCUT2D eigenvalue weighted by atomic mass is 9.84. The first-order valence-electron chi connectivity index (χ1n) is 7.54. The number of aromatic hydroxyl groups is 1. The molecule has 1 unspecified atom stereocenters. The van der Waals surface area contributed by atoms with E-state index in [9.17, 15) is 14.3 Å². The number of fused-ring (bicyclic) bond motifs is 1. The Morgan fingerprint density at radius 2 is 2.08 bits per heavy atom. The number of phenols is 1. The van der Waals surface area contributed by atoms with Gasteiger partial charge in [0, 0.05) is 36.5 Å². The molecular formula is C18H14FN3O2. The number of aromatic nitrogens is 2. The second-order valence-electron chi connectivity index (χ2n) is 5.73. The van der Waals surface area contributed by atoms with E-state index in [-0.39, 0.29) is 29.8 Å². The van der Waals surface area contributed by atoms with Gasteiger partial charge in [-0.15, -0.1) is 0 Å². The van der Waals surface area contributed by atoms with Crippen molar-refractivity contribution in [1.29, 1.82) is 0 Å². The van der Waals surface area contributed by atoms with Crippen LogP contribution in [0.5, 0.6) is 5.75 Å². The minimum absolute atomic E-state index is 0.0706. The highest BCUT2D eigenvalue weighted by Crippen LogP contribution is 2.40. The topological polar surface area (TPSA) is 67.2 Å². The molecule has 1 aromatic heterocycles. The van der Waals surface area contributed by atoms with Crippen LogP contribution in [0.4, 0.5) is 10.1 Å². The van der Waals surface area contributed by atoms with Crippen LogP contribution in [0.15, 0.2) is 54.9 Å². The summed E-state index contributed by atoms with van der Waals surface area (Å²) in [7, 11) is 0. The summed E-state index contributed by atoms with van der Waals surface area (Å²) in [6, 6.07) is 11.1. The Labute approximate surface area is 137 Å². The minimum atomic E-state index is -0.368. The van der Waals surface area contributed by atoms with Gasteiger partial charge in [-0.1, -0.05) is 6.07 Å². The van der Waals surface area contributed by atoms with Crippen LogP contribution < -0.4 is 5.32 Å². The predicted molar refractivity (Wildman–Crippen MR) is 86.7 cm³/mol. The molecule has 2 N–H and O–H groups in total. The predicted octanol–water partition coefficient (Wildman–Crippen LogP) is 3.19. The van der Waals surface area contributed by atoms with Crippen molar-refractivity contribution in [2.45, 2.75) is 12.3 Å². The summed E-state index contributed by atoms with van der Waals surface area (Å²) in [5, 5.41) is 16.6. The molecule has 1 amide bonds. The zero-order chi connectivity index (χ0) is 16.7. The first-order valence-corrected chi connectivity index (χ1v) is 7.54. The highest BCUT2D eigenvalue weighted by molar-refractivity contribution is 5.95. The van der Waals surface area contributed by atoms with Crippen LogP contribution in [0, 0.1) is 5.82 Å². The molecule has 1 atom stereocenters. The fourth-order valence-corrected chi connectivity index (χ4v) is 3.15. The second-order valence-corrected chi connectivity index (χ2v) is 5.73. The number of carbonyl (C=O) groups is 1. The van der Waals surface area contributed by atoms with E-state index < -0.39 is 0 Å². The Kier molecular flexibility index (Phi) is 3.30. The Bertz CT molecular complexity index is 922. The summed E-state index contributed by atoms with van der Waals surface area (Å²) < 4.78 is 15.6. The number of hydrogen-bond donors (Lipinski definition) is 2. The molecule has 0 aliphatic carbocycles. The van der Waals surface area contributed by atoms with Crippen LogP contribution in [-0.2, 0) is 4.79 Å². The van der Waals surface area contributed by atoms with Crippen molar-refractivity contribution in [3.63, 3.8) is 0 Å². The average molecular weight is 323 g/mol. The summed E-state index contributed by atoms with van der Waals surface area (Å²) in [5.41, 5.74) is 2.79. The molecule has 5 nitrogen and oxygen atoms in total. The van der Waals surface area contributed by atoms with Crippen LogP contribution in [0.3, 0.4) is 0 Å². The normalized spacial score (nSPS) is 16.5. The molecule has 0 spiro atoms. The third-order valence-corrected chi connectivity index (χ3v) is 4.19. The third-order valence-electron chi connectivity index (χ3n) is 4.19. The van der Waals surface area contributed by atoms with Gasteiger partial charge in [0.1, 0.15) is 11.6 Å². The van der Waals surface area contributed by atoms with Gasteiger partial charge >= 0.3 is 0 Å². The molecule has 0 bridgehead atoms. The van der Waals surface area contributed by atoms with E-state index in [0.29, 0.717) is 11.3 Å². The van der Waals surface area contributed by atoms with Crippen LogP contribution in [0.25, 0.3) is 5.69 Å². The molecule has 2 heterocycles. The smallest absolute Gasteiger partial charge is 0.225 e. The van der Waals surface area contributed by atoms with Crippen molar-refractivity contribution >= 4 is 11.6 Å². The van der Waals surface area contributed by atoms with Gasteiger partial charge < -0.3 is 10.4 Å². The largest absolute Gasteiger partial charge is 0.508 e. The Morgan fingerprint density at radius 1 is 1.21 bits per heavy atom. The number of nitrogens with one attached hydrogen (secondary N) is 1. The van der Waals surface area contributed by atoms with E-state index in [1.54, 1.807) is 41.3 Å². The maximum absolute atomic E-state index is 13.9. The summed E-state index contributed by atoms with van der Waals surface area (Å²) in [5.74, 6) is -0.786. The van der Waals surface area contributed by atoms with Gasteiger partial charge in [-0.25, -0.2) is 9.07 Å². The fourth-order valence-electron chi connectivity index (χ4n) is 3.15. The van der Waals surface area contributed by atoms with E-state index in [0.717, 1.165) is 11.3 Å². The molecule has 0 saturated carbocycles. The van der Waals surface area contributed by atoms with Gasteiger partial charge in [0.25, 0.3) is 0 Å². The SMILES string of the molecule is O=C1CC(c2cc(F)ccc2-n2cccn2)c2ccc(O)cc2N1. The van der Waals surface area contributed by atoms with Gasteiger partial charge in [-0.05, 0) is 41.5 Å². The Hall–Kier alpha value is -3.15. The first-order chi connectivity index (χ1) is 11.6. The zero-order valence-electron chi connectivity index (χ0n) is 12.6. The number of amides is 1. The maximum Gasteiger partial charge on any atom is 0.225 e. The number of phenolic OH excluding ortho intramolecular Hbond substituents is 1. The second kappa shape index (κ2) is 5.49. The molecule has 24 heavy (non-hydrogen) atoms. The molecule has 0 fully saturated rings. The lowest BCUT2D eigenvalue weighted by Crippen LogP contribution is -2.24. The molecule has 0 saturated heterocycles. The number of hydrogen-bond acceptors (Lipinski definition) is 3. The highest BCUT2D eigenvalue weighted by atomic mass is 19.1. The molecule has 4 rings (SSSR count). The molecule has 0 radical (unpaired) electrons. The van der Waals surface area contributed by atoms with E-state index in [1.807, 2.05) is 0 Å². The number of carbonyl (C=O) groups excluding carboxylic acids is 1. The molecule has 2 aromatic carbocycles. The summed E-state index contributed by atoms with van der Waals surface area (Å²) in [6.07, 6.45) is 3.62. The zero-order valence-corrected chi connectivity index (χ0v) is 12.6. The quantitative estimate of drug-likeness (QED) is 0.761. The van der Waals surface area contributed by atoms with Crippen LogP contribution in [-0.4, -0.2) is 20.8 Å². The summed E-state index contributed by atoms with van der Waals surface area (Å²) in [6.45, 7) is 0. The van der Waals surface area contributed by atoms with Crippen molar-refractivity contribution in [2.24, 2.45) is 0 Å². The summed E-state index contributed by atoms with van der Waals surface area (Å²) in [4.78, 5) is 12.1. The summed E-state index contributed by atoms with van der Waals surface area (Å²) >= 11 is 0. The number of anilines is 1. The fraction of sp³-hybridized carbons (Fsp3) is 0.111. The van der Waals surface area contributed by atoms with E-state index >= 15 is 0 Å². The van der Waals surface area contributed by atoms with Crippen molar-refractivity contribution in [3.8, 4) is 11.4 Å². The molecule has 1 aliphatic heterocycles. The van der Waals surface area contributed by atoms with E-state index in [1.165, 1.54) is 18.2 Å². The van der Waals surface area contributed by atoms with Crippen molar-refractivity contribution in [2.75, 3.05) is 5.32 Å². The van der Waals surface area contributed by atoms with E-state index in [4.69, 9.17) is 0 Å².